The van der Waals surface area contributed by atoms with Gasteiger partial charge in [-0.3, -0.25) is 0 Å². The van der Waals surface area contributed by atoms with E-state index in [-0.39, 0.29) is 3.42 Å². The monoisotopic (exact) mass is 404 g/mol. The molecule has 0 fully saturated rings. The number of rotatable bonds is 2. The van der Waals surface area contributed by atoms with Crippen molar-refractivity contribution < 1.29 is 0 Å². The number of alkyl halides is 1. The lowest BCUT2D eigenvalue weighted by Gasteiger charge is -2.12. The molecular weight excluding hydrogens is 391 g/mol. The van der Waals surface area contributed by atoms with Gasteiger partial charge in [-0.2, -0.15) is 0 Å². The van der Waals surface area contributed by atoms with Gasteiger partial charge in [0.1, 0.15) is 0 Å². The lowest BCUT2D eigenvalue weighted by molar-refractivity contribution is 0.849. The first-order valence-electron chi connectivity index (χ1n) is 5.73. The van der Waals surface area contributed by atoms with Gasteiger partial charge in [0.05, 0.1) is 3.42 Å². The zero-order valence-corrected chi connectivity index (χ0v) is 15.0. The predicted molar refractivity (Wildman–Crippen MR) is 94.8 cm³/mol. The van der Waals surface area contributed by atoms with Crippen molar-refractivity contribution in [3.63, 3.8) is 0 Å². The Labute approximate surface area is 133 Å². The van der Waals surface area contributed by atoms with E-state index in [0.29, 0.717) is 0 Å². The number of hydrogen-bond donors (Lipinski definition) is 0. The third-order valence-corrected chi connectivity index (χ3v) is 7.54. The Morgan fingerprint density at radius 2 is 1.67 bits per heavy atom. The van der Waals surface area contributed by atoms with E-state index in [4.69, 9.17) is 0 Å². The van der Waals surface area contributed by atoms with E-state index in [9.17, 15) is 0 Å². The van der Waals surface area contributed by atoms with E-state index >= 15 is 0 Å². The fourth-order valence-corrected chi connectivity index (χ4v) is 5.64. The normalized spacial score (nSPS) is 12.4. The summed E-state index contributed by atoms with van der Waals surface area (Å²) in [5, 5.41) is 0. The predicted octanol–water partition coefficient (Wildman–Crippen LogP) is 6.67. The summed E-state index contributed by atoms with van der Waals surface area (Å²) < 4.78 is 3.10. The number of thiophene rings is 3. The summed E-state index contributed by atoms with van der Waals surface area (Å²) in [5.74, 6) is 0. The quantitative estimate of drug-likeness (QED) is 0.331. The minimum atomic E-state index is 0.237. The van der Waals surface area contributed by atoms with Crippen molar-refractivity contribution >= 4 is 66.0 Å². The van der Waals surface area contributed by atoms with Gasteiger partial charge in [-0.05, 0) is 45.0 Å². The maximum atomic E-state index is 2.52. The van der Waals surface area contributed by atoms with Gasteiger partial charge in [0.25, 0.3) is 0 Å². The van der Waals surface area contributed by atoms with Crippen molar-refractivity contribution in [2.45, 2.75) is 24.2 Å². The molecule has 0 aromatic carbocycles. The van der Waals surface area contributed by atoms with E-state index in [2.05, 4.69) is 67.6 Å². The molecule has 94 valence electrons. The molecule has 3 rings (SSSR count). The van der Waals surface area contributed by atoms with Crippen molar-refractivity contribution in [1.29, 1.82) is 0 Å². The lowest BCUT2D eigenvalue weighted by atomic mass is 10.2. The van der Waals surface area contributed by atoms with Crippen molar-refractivity contribution in [2.24, 2.45) is 0 Å². The SMILES string of the molecule is Cc1ccc(-c2cc3sc(C(C)(C)I)cc3s2)s1. The van der Waals surface area contributed by atoms with Gasteiger partial charge in [-0.25, -0.2) is 0 Å². The Balaban J connectivity index is 2.06. The molecule has 0 unspecified atom stereocenters. The summed E-state index contributed by atoms with van der Waals surface area (Å²) in [6.45, 7) is 6.71. The third-order valence-electron chi connectivity index (χ3n) is 2.78. The zero-order valence-electron chi connectivity index (χ0n) is 10.4. The molecular formula is C14H13IS3. The first-order chi connectivity index (χ1) is 8.43. The second kappa shape index (κ2) is 4.58. The van der Waals surface area contributed by atoms with Crippen LogP contribution < -0.4 is 0 Å². The molecule has 0 radical (unpaired) electrons. The number of hydrogen-bond acceptors (Lipinski definition) is 3. The van der Waals surface area contributed by atoms with Crippen molar-refractivity contribution in [3.8, 4) is 9.75 Å². The van der Waals surface area contributed by atoms with E-state index in [1.807, 2.05) is 34.0 Å². The average Bonchev–Trinajstić information content (AvgIpc) is 2.86. The fraction of sp³-hybridized carbons (Fsp3) is 0.286. The molecule has 0 N–H and O–H groups in total. The van der Waals surface area contributed by atoms with Gasteiger partial charge in [-0.1, -0.05) is 22.6 Å². The number of fused-ring (bicyclic) bond motifs is 1. The third kappa shape index (κ3) is 2.40. The van der Waals surface area contributed by atoms with E-state index < -0.39 is 0 Å². The van der Waals surface area contributed by atoms with Gasteiger partial charge in [0, 0.05) is 28.9 Å². The Hall–Kier alpha value is 0.0900. The Bertz CT molecular complexity index is 663. The van der Waals surface area contributed by atoms with Crippen LogP contribution in [0.1, 0.15) is 23.6 Å². The summed E-state index contributed by atoms with van der Waals surface area (Å²) in [4.78, 5) is 5.66. The summed E-state index contributed by atoms with van der Waals surface area (Å²) in [6, 6.07) is 9.15. The van der Waals surface area contributed by atoms with Crippen LogP contribution in [0.3, 0.4) is 0 Å². The molecule has 3 aromatic heterocycles. The fourth-order valence-electron chi connectivity index (χ4n) is 1.82. The van der Waals surface area contributed by atoms with Gasteiger partial charge in [0.2, 0.25) is 0 Å². The molecule has 4 heteroatoms. The van der Waals surface area contributed by atoms with E-state index in [0.717, 1.165) is 0 Å². The first-order valence-corrected chi connectivity index (χ1v) is 9.26. The molecule has 0 aliphatic heterocycles. The largest absolute Gasteiger partial charge is 0.140 e. The van der Waals surface area contributed by atoms with Crippen molar-refractivity contribution in [3.05, 3.63) is 34.0 Å². The highest BCUT2D eigenvalue weighted by atomic mass is 127. The van der Waals surface area contributed by atoms with Crippen LogP contribution in [0.15, 0.2) is 24.3 Å². The average molecular weight is 404 g/mol. The molecule has 3 heterocycles. The summed E-state index contributed by atoms with van der Waals surface area (Å²) >= 11 is 8.25. The second-order valence-electron chi connectivity index (χ2n) is 4.83. The van der Waals surface area contributed by atoms with Crippen LogP contribution in [-0.2, 0) is 3.42 Å². The molecule has 0 saturated carbocycles. The molecule has 0 spiro atoms. The lowest BCUT2D eigenvalue weighted by Crippen LogP contribution is -2.02. The molecule has 0 atom stereocenters. The maximum absolute atomic E-state index is 2.52. The molecule has 0 aliphatic rings. The number of aryl methyl sites for hydroxylation is 1. The minimum absolute atomic E-state index is 0.237. The van der Waals surface area contributed by atoms with E-state index in [1.54, 1.807) is 0 Å². The molecule has 0 nitrogen and oxygen atoms in total. The molecule has 0 aliphatic carbocycles. The zero-order chi connectivity index (χ0) is 12.9. The molecule has 0 bridgehead atoms. The van der Waals surface area contributed by atoms with Crippen LogP contribution in [0.2, 0.25) is 0 Å². The topological polar surface area (TPSA) is 0 Å². The Kier molecular flexibility index (Phi) is 3.33. The Morgan fingerprint density at radius 1 is 0.944 bits per heavy atom. The molecule has 0 amide bonds. The van der Waals surface area contributed by atoms with Crippen molar-refractivity contribution in [2.75, 3.05) is 0 Å². The van der Waals surface area contributed by atoms with Crippen molar-refractivity contribution in [1.82, 2.24) is 0 Å². The summed E-state index contributed by atoms with van der Waals surface area (Å²) in [5.41, 5.74) is 0. The van der Waals surface area contributed by atoms with Crippen LogP contribution in [0.5, 0.6) is 0 Å². The maximum Gasteiger partial charge on any atom is 0.0508 e. The van der Waals surface area contributed by atoms with Crippen LogP contribution in [0.4, 0.5) is 0 Å². The van der Waals surface area contributed by atoms with Gasteiger partial charge >= 0.3 is 0 Å². The number of halogens is 1. The standard InChI is InChI=1S/C14H13IS3/c1-8-4-5-9(16-8)10-6-11-12(17-10)7-13(18-11)14(2,3)15/h4-7H,1-3H3. The highest BCUT2D eigenvalue weighted by molar-refractivity contribution is 14.1. The van der Waals surface area contributed by atoms with Crippen LogP contribution in [0, 0.1) is 6.92 Å². The first kappa shape index (κ1) is 13.1. The minimum Gasteiger partial charge on any atom is -0.140 e. The molecule has 0 saturated heterocycles. The highest BCUT2D eigenvalue weighted by Gasteiger charge is 2.20. The summed E-state index contributed by atoms with van der Waals surface area (Å²) in [7, 11) is 0. The van der Waals surface area contributed by atoms with Crippen LogP contribution in [-0.4, -0.2) is 0 Å². The molecule has 18 heavy (non-hydrogen) atoms. The second-order valence-corrected chi connectivity index (χ2v) is 11.0. The Morgan fingerprint density at radius 3 is 2.22 bits per heavy atom. The van der Waals surface area contributed by atoms with Gasteiger partial charge in [0.15, 0.2) is 0 Å². The molecule has 3 aromatic rings. The smallest absolute Gasteiger partial charge is 0.0508 e. The van der Waals surface area contributed by atoms with Gasteiger partial charge < -0.3 is 0 Å². The highest BCUT2D eigenvalue weighted by Crippen LogP contribution is 2.44. The van der Waals surface area contributed by atoms with E-state index in [1.165, 1.54) is 28.9 Å². The van der Waals surface area contributed by atoms with Crippen LogP contribution in [0.25, 0.3) is 19.2 Å². The van der Waals surface area contributed by atoms with Crippen LogP contribution >= 0.6 is 56.6 Å². The van der Waals surface area contributed by atoms with Gasteiger partial charge in [-0.15, -0.1) is 34.0 Å². The summed E-state index contributed by atoms with van der Waals surface area (Å²) in [6.07, 6.45) is 0.